The van der Waals surface area contributed by atoms with Gasteiger partial charge < -0.3 is 9.47 Å². The molecule has 3 rings (SSSR count). The molecule has 0 saturated heterocycles. The van der Waals surface area contributed by atoms with Gasteiger partial charge in [0, 0.05) is 0 Å². The molecule has 8 nitrogen and oxygen atoms in total. The first-order valence-corrected chi connectivity index (χ1v) is 7.07. The van der Waals surface area contributed by atoms with Gasteiger partial charge in [0.05, 0.1) is 29.2 Å². The predicted octanol–water partition coefficient (Wildman–Crippen LogP) is 2.02. The van der Waals surface area contributed by atoms with E-state index >= 15 is 0 Å². The molecule has 8 heteroatoms. The number of hydrazone groups is 1. The Balaban J connectivity index is 1.70. The van der Waals surface area contributed by atoms with Crippen LogP contribution in [0.5, 0.6) is 11.5 Å². The van der Waals surface area contributed by atoms with Gasteiger partial charge in [0.1, 0.15) is 0 Å². The first-order valence-electron chi connectivity index (χ1n) is 7.07. The zero-order valence-corrected chi connectivity index (χ0v) is 12.5. The Morgan fingerprint density at radius 2 is 1.96 bits per heavy atom. The topological polar surface area (TPSA) is 103 Å². The standard InChI is InChI=1S/C16H13N3O5/c20-16(6-11-4-2-1-3-5-11)18-17-9-12-7-14-15(24-10-23-14)8-13(12)19(21)22/h1-5,7-9H,6,10H2,(H,18,20)/b17-9+. The minimum atomic E-state index is -0.547. The smallest absolute Gasteiger partial charge is 0.282 e. The number of amides is 1. The van der Waals surface area contributed by atoms with Gasteiger partial charge in [-0.05, 0) is 11.6 Å². The number of hydrogen-bond donors (Lipinski definition) is 1. The van der Waals surface area contributed by atoms with Crippen LogP contribution >= 0.6 is 0 Å². The van der Waals surface area contributed by atoms with Crippen molar-refractivity contribution >= 4 is 17.8 Å². The number of benzene rings is 2. The summed E-state index contributed by atoms with van der Waals surface area (Å²) in [6, 6.07) is 11.9. The maximum absolute atomic E-state index is 11.8. The molecule has 1 N–H and O–H groups in total. The maximum Gasteiger partial charge on any atom is 0.282 e. The van der Waals surface area contributed by atoms with Crippen molar-refractivity contribution in [3.05, 3.63) is 63.7 Å². The number of hydrogen-bond acceptors (Lipinski definition) is 6. The highest BCUT2D eigenvalue weighted by Crippen LogP contribution is 2.37. The number of nitrogens with one attached hydrogen (secondary N) is 1. The van der Waals surface area contributed by atoms with E-state index in [4.69, 9.17) is 9.47 Å². The maximum atomic E-state index is 11.8. The number of carbonyl (C=O) groups excluding carboxylic acids is 1. The summed E-state index contributed by atoms with van der Waals surface area (Å²) < 4.78 is 10.3. The van der Waals surface area contributed by atoms with E-state index in [1.165, 1.54) is 18.3 Å². The van der Waals surface area contributed by atoms with E-state index in [1.54, 1.807) is 0 Å². The number of fused-ring (bicyclic) bond motifs is 1. The summed E-state index contributed by atoms with van der Waals surface area (Å²) in [5, 5.41) is 14.9. The van der Waals surface area contributed by atoms with E-state index < -0.39 is 4.92 Å². The van der Waals surface area contributed by atoms with Crippen LogP contribution in [0.2, 0.25) is 0 Å². The second-order valence-electron chi connectivity index (χ2n) is 4.98. The van der Waals surface area contributed by atoms with Gasteiger partial charge in [0.25, 0.3) is 5.69 Å². The molecule has 2 aromatic carbocycles. The number of nitro benzene ring substituents is 1. The second-order valence-corrected chi connectivity index (χ2v) is 4.98. The summed E-state index contributed by atoms with van der Waals surface area (Å²) in [4.78, 5) is 22.4. The van der Waals surface area contributed by atoms with Gasteiger partial charge in [-0.15, -0.1) is 0 Å². The fourth-order valence-electron chi connectivity index (χ4n) is 2.20. The van der Waals surface area contributed by atoms with Crippen molar-refractivity contribution in [3.8, 4) is 11.5 Å². The highest BCUT2D eigenvalue weighted by molar-refractivity contribution is 5.88. The van der Waals surface area contributed by atoms with Crippen molar-refractivity contribution in [2.45, 2.75) is 6.42 Å². The van der Waals surface area contributed by atoms with Crippen LogP contribution in [0.15, 0.2) is 47.6 Å². The third-order valence-electron chi connectivity index (χ3n) is 3.32. The SMILES string of the molecule is O=C(Cc1ccccc1)N/N=C/c1cc2c(cc1[N+](=O)[O-])OCO2. The summed E-state index contributed by atoms with van der Waals surface area (Å²) in [5.41, 5.74) is 3.23. The van der Waals surface area contributed by atoms with Crippen molar-refractivity contribution in [1.82, 2.24) is 5.43 Å². The number of nitro groups is 1. The summed E-state index contributed by atoms with van der Waals surface area (Å²) >= 11 is 0. The second kappa shape index (κ2) is 6.78. The average Bonchev–Trinajstić information content (AvgIpc) is 3.02. The quantitative estimate of drug-likeness (QED) is 0.514. The Morgan fingerprint density at radius 1 is 1.25 bits per heavy atom. The number of carbonyl (C=O) groups is 1. The number of rotatable bonds is 5. The Hall–Kier alpha value is -3.42. The molecule has 122 valence electrons. The van der Waals surface area contributed by atoms with Gasteiger partial charge in [0.15, 0.2) is 11.5 Å². The van der Waals surface area contributed by atoms with Gasteiger partial charge in [0.2, 0.25) is 12.7 Å². The molecule has 24 heavy (non-hydrogen) atoms. The third-order valence-corrected chi connectivity index (χ3v) is 3.32. The van der Waals surface area contributed by atoms with Crippen molar-refractivity contribution in [2.24, 2.45) is 5.10 Å². The van der Waals surface area contributed by atoms with Crippen molar-refractivity contribution in [1.29, 1.82) is 0 Å². The summed E-state index contributed by atoms with van der Waals surface area (Å²) in [5.74, 6) is 0.394. The van der Waals surface area contributed by atoms with E-state index in [-0.39, 0.29) is 30.4 Å². The van der Waals surface area contributed by atoms with Gasteiger partial charge in [-0.3, -0.25) is 14.9 Å². The molecule has 2 aromatic rings. The van der Waals surface area contributed by atoms with E-state index in [0.717, 1.165) is 5.56 Å². The Morgan fingerprint density at radius 3 is 2.67 bits per heavy atom. The van der Waals surface area contributed by atoms with Crippen LogP contribution in [-0.4, -0.2) is 23.8 Å². The summed E-state index contributed by atoms with van der Waals surface area (Å²) in [6.07, 6.45) is 1.38. The molecule has 1 amide bonds. The molecule has 0 atom stereocenters. The van der Waals surface area contributed by atoms with Crippen molar-refractivity contribution in [3.63, 3.8) is 0 Å². The first kappa shape index (κ1) is 15.5. The van der Waals surface area contributed by atoms with E-state index in [9.17, 15) is 14.9 Å². The summed E-state index contributed by atoms with van der Waals surface area (Å²) in [6.45, 7) is 0.0148. The van der Waals surface area contributed by atoms with Crippen LogP contribution in [-0.2, 0) is 11.2 Å². The third kappa shape index (κ3) is 3.49. The van der Waals surface area contributed by atoms with E-state index in [1.807, 2.05) is 30.3 Å². The van der Waals surface area contributed by atoms with E-state index in [2.05, 4.69) is 10.5 Å². The molecular formula is C16H13N3O5. The largest absolute Gasteiger partial charge is 0.454 e. The number of nitrogens with zero attached hydrogens (tertiary/aromatic N) is 2. The van der Waals surface area contributed by atoms with Crippen LogP contribution in [0.4, 0.5) is 5.69 Å². The number of ether oxygens (including phenoxy) is 2. The lowest BCUT2D eigenvalue weighted by Crippen LogP contribution is -2.19. The minimum Gasteiger partial charge on any atom is -0.454 e. The zero-order chi connectivity index (χ0) is 16.9. The molecule has 0 saturated carbocycles. The highest BCUT2D eigenvalue weighted by Gasteiger charge is 2.22. The lowest BCUT2D eigenvalue weighted by molar-refractivity contribution is -0.385. The predicted molar refractivity (Wildman–Crippen MR) is 85.1 cm³/mol. The van der Waals surface area contributed by atoms with Gasteiger partial charge in [-0.25, -0.2) is 5.43 Å². The van der Waals surface area contributed by atoms with Crippen LogP contribution in [0.1, 0.15) is 11.1 Å². The zero-order valence-electron chi connectivity index (χ0n) is 12.5. The van der Waals surface area contributed by atoms with Crippen molar-refractivity contribution < 1.29 is 19.2 Å². The fourth-order valence-corrected chi connectivity index (χ4v) is 2.20. The lowest BCUT2D eigenvalue weighted by atomic mass is 10.1. The minimum absolute atomic E-state index is 0.0148. The first-order chi connectivity index (χ1) is 11.6. The molecule has 1 aliphatic rings. The molecule has 0 aromatic heterocycles. The molecule has 0 fully saturated rings. The van der Waals surface area contributed by atoms with Crippen LogP contribution in [0.25, 0.3) is 0 Å². The molecule has 0 bridgehead atoms. The van der Waals surface area contributed by atoms with Crippen LogP contribution in [0, 0.1) is 10.1 Å². The normalized spacial score (nSPS) is 12.3. The summed E-state index contributed by atoms with van der Waals surface area (Å²) in [7, 11) is 0. The van der Waals surface area contributed by atoms with Gasteiger partial charge in [-0.1, -0.05) is 30.3 Å². The fraction of sp³-hybridized carbons (Fsp3) is 0.125. The monoisotopic (exact) mass is 327 g/mol. The van der Waals surface area contributed by atoms with Gasteiger partial charge in [-0.2, -0.15) is 5.10 Å². The van der Waals surface area contributed by atoms with Gasteiger partial charge >= 0.3 is 0 Å². The Bertz CT molecular complexity index is 805. The van der Waals surface area contributed by atoms with Crippen LogP contribution < -0.4 is 14.9 Å². The molecule has 0 unspecified atom stereocenters. The Kier molecular flexibility index (Phi) is 4.37. The molecule has 1 aliphatic heterocycles. The Labute approximate surface area is 136 Å². The lowest BCUT2D eigenvalue weighted by Gasteiger charge is -2.02. The van der Waals surface area contributed by atoms with Crippen molar-refractivity contribution in [2.75, 3.05) is 6.79 Å². The van der Waals surface area contributed by atoms with Crippen LogP contribution in [0.3, 0.4) is 0 Å². The molecule has 0 spiro atoms. The highest BCUT2D eigenvalue weighted by atomic mass is 16.7. The average molecular weight is 327 g/mol. The molecule has 0 aliphatic carbocycles. The van der Waals surface area contributed by atoms with E-state index in [0.29, 0.717) is 11.5 Å². The molecule has 1 heterocycles. The molecular weight excluding hydrogens is 314 g/mol. The molecule has 0 radical (unpaired) electrons.